The summed E-state index contributed by atoms with van der Waals surface area (Å²) >= 11 is 0. The third kappa shape index (κ3) is 3.83. The number of hydrogen-bond donors (Lipinski definition) is 0. The second-order valence-electron chi connectivity index (χ2n) is 7.08. The summed E-state index contributed by atoms with van der Waals surface area (Å²) in [6.07, 6.45) is 1.62. The van der Waals surface area contributed by atoms with Gasteiger partial charge < -0.3 is 14.2 Å². The van der Waals surface area contributed by atoms with Crippen molar-refractivity contribution in [3.8, 4) is 11.3 Å². The summed E-state index contributed by atoms with van der Waals surface area (Å²) in [5, 5.41) is 0. The Morgan fingerprint density at radius 1 is 1.00 bits per heavy atom. The van der Waals surface area contributed by atoms with Crippen LogP contribution in [0.5, 0.6) is 0 Å². The van der Waals surface area contributed by atoms with E-state index in [0.717, 1.165) is 16.9 Å². The summed E-state index contributed by atoms with van der Waals surface area (Å²) < 4.78 is 5.37. The second kappa shape index (κ2) is 7.72. The van der Waals surface area contributed by atoms with Crippen LogP contribution in [-0.4, -0.2) is 41.2 Å². The quantitative estimate of drug-likeness (QED) is 0.699. The topological polar surface area (TPSA) is 53.8 Å². The molecule has 1 saturated heterocycles. The predicted molar refractivity (Wildman–Crippen MR) is 107 cm³/mol. The Bertz CT molecular complexity index is 960. The smallest absolute Gasteiger partial charge is 0.254 e. The van der Waals surface area contributed by atoms with Crippen LogP contribution in [0.2, 0.25) is 0 Å². The maximum absolute atomic E-state index is 12.8. The number of carbonyl (C=O) groups excluding carboxylic acids is 2. The number of piperazine rings is 1. The molecule has 3 aromatic rings. The number of rotatable bonds is 4. The fraction of sp³-hybridized carbons (Fsp3) is 0.217. The minimum absolute atomic E-state index is 0.0209. The standard InChI is InChI=1S/C23H22N2O3/c1-17-4-6-18(7-5-17)15-24-12-13-25(16-22(24)26)23(27)20-10-8-19(9-11-20)21-3-2-14-28-21/h2-11,14H,12-13,15-16H2,1H3. The molecule has 0 saturated carbocycles. The summed E-state index contributed by atoms with van der Waals surface area (Å²) in [5.41, 5.74) is 3.80. The third-order valence-corrected chi connectivity index (χ3v) is 5.04. The van der Waals surface area contributed by atoms with Gasteiger partial charge in [0.1, 0.15) is 12.3 Å². The molecule has 1 aromatic heterocycles. The Morgan fingerprint density at radius 2 is 1.75 bits per heavy atom. The predicted octanol–water partition coefficient (Wildman–Crippen LogP) is 3.74. The number of carbonyl (C=O) groups is 2. The van der Waals surface area contributed by atoms with Crippen LogP contribution in [0, 0.1) is 6.92 Å². The minimum atomic E-state index is -0.116. The lowest BCUT2D eigenvalue weighted by atomic mass is 10.1. The molecule has 0 radical (unpaired) electrons. The van der Waals surface area contributed by atoms with Gasteiger partial charge in [-0.1, -0.05) is 42.0 Å². The lowest BCUT2D eigenvalue weighted by Crippen LogP contribution is -2.51. The molecular weight excluding hydrogens is 352 g/mol. The molecule has 5 heteroatoms. The first-order valence-corrected chi connectivity index (χ1v) is 9.37. The van der Waals surface area contributed by atoms with Gasteiger partial charge >= 0.3 is 0 Å². The zero-order chi connectivity index (χ0) is 19.5. The zero-order valence-electron chi connectivity index (χ0n) is 15.8. The van der Waals surface area contributed by atoms with E-state index in [0.29, 0.717) is 25.2 Å². The van der Waals surface area contributed by atoms with E-state index < -0.39 is 0 Å². The molecule has 0 aliphatic carbocycles. The van der Waals surface area contributed by atoms with Gasteiger partial charge in [0, 0.05) is 30.8 Å². The summed E-state index contributed by atoms with van der Waals surface area (Å²) in [5.74, 6) is 0.626. The van der Waals surface area contributed by atoms with E-state index in [-0.39, 0.29) is 18.4 Å². The van der Waals surface area contributed by atoms with E-state index in [1.165, 1.54) is 5.56 Å². The Hall–Kier alpha value is -3.34. The normalized spacial score (nSPS) is 14.4. The van der Waals surface area contributed by atoms with Crippen LogP contribution in [0.1, 0.15) is 21.5 Å². The molecular formula is C23H22N2O3. The highest BCUT2D eigenvalue weighted by Crippen LogP contribution is 2.21. The van der Waals surface area contributed by atoms with Gasteiger partial charge in [-0.15, -0.1) is 0 Å². The van der Waals surface area contributed by atoms with Gasteiger partial charge in [-0.25, -0.2) is 0 Å². The van der Waals surface area contributed by atoms with Crippen LogP contribution in [0.25, 0.3) is 11.3 Å². The molecule has 1 fully saturated rings. The van der Waals surface area contributed by atoms with Crippen molar-refractivity contribution in [2.45, 2.75) is 13.5 Å². The minimum Gasteiger partial charge on any atom is -0.464 e. The van der Waals surface area contributed by atoms with Crippen molar-refractivity contribution in [1.29, 1.82) is 0 Å². The number of nitrogens with zero attached hydrogens (tertiary/aromatic N) is 2. The first-order chi connectivity index (χ1) is 13.6. The van der Waals surface area contributed by atoms with Gasteiger partial charge in [-0.2, -0.15) is 0 Å². The number of hydrogen-bond acceptors (Lipinski definition) is 3. The molecule has 142 valence electrons. The molecule has 4 rings (SSSR count). The molecule has 0 unspecified atom stereocenters. The largest absolute Gasteiger partial charge is 0.464 e. The van der Waals surface area contributed by atoms with E-state index in [1.54, 1.807) is 23.3 Å². The van der Waals surface area contributed by atoms with Crippen molar-refractivity contribution in [2.75, 3.05) is 19.6 Å². The van der Waals surface area contributed by atoms with Crippen LogP contribution < -0.4 is 0 Å². The molecule has 0 spiro atoms. The van der Waals surface area contributed by atoms with Gasteiger partial charge in [0.2, 0.25) is 5.91 Å². The van der Waals surface area contributed by atoms with E-state index in [4.69, 9.17) is 4.42 Å². The molecule has 1 aliphatic heterocycles. The number of amides is 2. The van der Waals surface area contributed by atoms with E-state index in [1.807, 2.05) is 60.4 Å². The summed E-state index contributed by atoms with van der Waals surface area (Å²) in [4.78, 5) is 28.8. The molecule has 2 amide bonds. The molecule has 2 aromatic carbocycles. The van der Waals surface area contributed by atoms with Gasteiger partial charge in [-0.3, -0.25) is 9.59 Å². The third-order valence-electron chi connectivity index (χ3n) is 5.04. The number of furan rings is 1. The lowest BCUT2D eigenvalue weighted by Gasteiger charge is -2.34. The molecule has 0 N–H and O–H groups in total. The first kappa shape index (κ1) is 18.0. The molecule has 0 bridgehead atoms. The van der Waals surface area contributed by atoms with Crippen molar-refractivity contribution in [3.63, 3.8) is 0 Å². The zero-order valence-corrected chi connectivity index (χ0v) is 15.8. The maximum atomic E-state index is 12.8. The van der Waals surface area contributed by atoms with Crippen LogP contribution in [0.4, 0.5) is 0 Å². The highest BCUT2D eigenvalue weighted by Gasteiger charge is 2.27. The number of aryl methyl sites for hydroxylation is 1. The second-order valence-corrected chi connectivity index (χ2v) is 7.08. The number of benzene rings is 2. The van der Waals surface area contributed by atoms with E-state index in [2.05, 4.69) is 0 Å². The molecule has 1 aliphatic rings. The van der Waals surface area contributed by atoms with Crippen molar-refractivity contribution in [1.82, 2.24) is 9.80 Å². The molecule has 2 heterocycles. The van der Waals surface area contributed by atoms with Gasteiger partial charge in [0.05, 0.1) is 6.26 Å². The van der Waals surface area contributed by atoms with Crippen molar-refractivity contribution >= 4 is 11.8 Å². The first-order valence-electron chi connectivity index (χ1n) is 9.37. The van der Waals surface area contributed by atoms with Crippen LogP contribution in [0.15, 0.2) is 71.3 Å². The van der Waals surface area contributed by atoms with Crippen molar-refractivity contribution < 1.29 is 14.0 Å². The average molecular weight is 374 g/mol. The van der Waals surface area contributed by atoms with Crippen LogP contribution >= 0.6 is 0 Å². The molecule has 0 atom stereocenters. The fourth-order valence-electron chi connectivity index (χ4n) is 3.37. The van der Waals surface area contributed by atoms with Crippen molar-refractivity contribution in [3.05, 3.63) is 83.6 Å². The summed E-state index contributed by atoms with van der Waals surface area (Å²) in [6, 6.07) is 19.2. The summed E-state index contributed by atoms with van der Waals surface area (Å²) in [6.45, 7) is 3.82. The molecule has 28 heavy (non-hydrogen) atoms. The van der Waals surface area contributed by atoms with Gasteiger partial charge in [-0.05, 0) is 36.8 Å². The van der Waals surface area contributed by atoms with E-state index >= 15 is 0 Å². The Morgan fingerprint density at radius 3 is 2.39 bits per heavy atom. The Balaban J connectivity index is 1.38. The SMILES string of the molecule is Cc1ccc(CN2CCN(C(=O)c3ccc(-c4ccco4)cc3)CC2=O)cc1. The highest BCUT2D eigenvalue weighted by atomic mass is 16.3. The van der Waals surface area contributed by atoms with Crippen LogP contribution in [0.3, 0.4) is 0 Å². The van der Waals surface area contributed by atoms with Gasteiger partial charge in [0.25, 0.3) is 5.91 Å². The Labute approximate surface area is 164 Å². The highest BCUT2D eigenvalue weighted by molar-refractivity contribution is 5.97. The van der Waals surface area contributed by atoms with Gasteiger partial charge in [0.15, 0.2) is 0 Å². The molecule has 5 nitrogen and oxygen atoms in total. The maximum Gasteiger partial charge on any atom is 0.254 e. The summed E-state index contributed by atoms with van der Waals surface area (Å²) in [7, 11) is 0. The van der Waals surface area contributed by atoms with Crippen LogP contribution in [-0.2, 0) is 11.3 Å². The monoisotopic (exact) mass is 374 g/mol. The average Bonchev–Trinajstić information content (AvgIpc) is 3.25. The Kier molecular flexibility index (Phi) is 4.98. The lowest BCUT2D eigenvalue weighted by molar-refractivity contribution is -0.135. The fourth-order valence-corrected chi connectivity index (χ4v) is 3.37. The van der Waals surface area contributed by atoms with Crippen molar-refractivity contribution in [2.24, 2.45) is 0 Å². The van der Waals surface area contributed by atoms with E-state index in [9.17, 15) is 9.59 Å².